The molecule has 3 heteroatoms. The van der Waals surface area contributed by atoms with Crippen LogP contribution in [-0.4, -0.2) is 41.0 Å². The van der Waals surface area contributed by atoms with Gasteiger partial charge in [0.25, 0.3) is 0 Å². The van der Waals surface area contributed by atoms with E-state index in [1.807, 2.05) is 39.0 Å². The largest absolute Gasteiger partial charge is 0.396 e. The zero-order chi connectivity index (χ0) is 15.4. The van der Waals surface area contributed by atoms with Crippen molar-refractivity contribution in [2.24, 2.45) is 0 Å². The molecule has 2 rings (SSSR count). The molecule has 1 aliphatic carbocycles. The second kappa shape index (κ2) is 7.19. The number of ketones is 1. The molecule has 21 heavy (non-hydrogen) atoms. The van der Waals surface area contributed by atoms with Gasteiger partial charge in [-0.2, -0.15) is 0 Å². The van der Waals surface area contributed by atoms with Gasteiger partial charge in [-0.1, -0.05) is 24.1 Å². The number of aryl methyl sites for hydroxylation is 2. The van der Waals surface area contributed by atoms with Crippen LogP contribution < -0.4 is 0 Å². The van der Waals surface area contributed by atoms with Gasteiger partial charge < -0.3 is 5.11 Å². The van der Waals surface area contributed by atoms with Gasteiger partial charge in [0.15, 0.2) is 5.78 Å². The molecule has 1 N–H and O–H groups in total. The van der Waals surface area contributed by atoms with Crippen molar-refractivity contribution in [3.05, 3.63) is 34.9 Å². The van der Waals surface area contributed by atoms with Gasteiger partial charge in [0.1, 0.15) is 0 Å². The van der Waals surface area contributed by atoms with Crippen molar-refractivity contribution in [3.8, 4) is 0 Å². The lowest BCUT2D eigenvalue weighted by atomic mass is 9.88. The molecule has 1 fully saturated rings. The van der Waals surface area contributed by atoms with E-state index in [4.69, 9.17) is 5.11 Å². The van der Waals surface area contributed by atoms with Crippen LogP contribution in [0.3, 0.4) is 0 Å². The number of rotatable bonds is 7. The number of hydrogen-bond acceptors (Lipinski definition) is 3. The predicted octanol–water partition coefficient (Wildman–Crippen LogP) is 3.11. The van der Waals surface area contributed by atoms with Crippen LogP contribution >= 0.6 is 0 Å². The Morgan fingerprint density at radius 2 is 2.10 bits per heavy atom. The fourth-order valence-electron chi connectivity index (χ4n) is 3.04. The molecular formula is C18H27NO2. The molecule has 0 aliphatic heterocycles. The van der Waals surface area contributed by atoms with Gasteiger partial charge in [-0.05, 0) is 51.7 Å². The number of aliphatic hydroxyl groups is 1. The molecular weight excluding hydrogens is 262 g/mol. The summed E-state index contributed by atoms with van der Waals surface area (Å²) >= 11 is 0. The number of benzene rings is 1. The summed E-state index contributed by atoms with van der Waals surface area (Å²) in [7, 11) is 0. The van der Waals surface area contributed by atoms with Gasteiger partial charge in [-0.3, -0.25) is 9.69 Å². The lowest BCUT2D eigenvalue weighted by Crippen LogP contribution is -2.49. The summed E-state index contributed by atoms with van der Waals surface area (Å²) in [6.07, 6.45) is 4.34. The van der Waals surface area contributed by atoms with Gasteiger partial charge in [0.2, 0.25) is 0 Å². The van der Waals surface area contributed by atoms with E-state index < -0.39 is 0 Å². The van der Waals surface area contributed by atoms with E-state index in [2.05, 4.69) is 4.90 Å². The second-order valence-corrected chi connectivity index (χ2v) is 6.26. The fraction of sp³-hybridized carbons (Fsp3) is 0.611. The van der Waals surface area contributed by atoms with Crippen LogP contribution in [0, 0.1) is 13.8 Å². The number of carbonyl (C=O) groups excluding carboxylic acids is 1. The number of nitrogens with zero attached hydrogens (tertiary/aromatic N) is 1. The van der Waals surface area contributed by atoms with E-state index in [9.17, 15) is 4.79 Å². The zero-order valence-corrected chi connectivity index (χ0v) is 13.4. The van der Waals surface area contributed by atoms with E-state index in [1.54, 1.807) is 0 Å². The highest BCUT2D eigenvalue weighted by molar-refractivity contribution is 6.01. The standard InChI is InChI=1S/C18H27NO2/c1-13-8-9-14(2)17(12-13)18(21)15(3)19(10-5-11-20)16-6-4-7-16/h8-9,12,15-16,20H,4-7,10-11H2,1-3H3. The Kier molecular flexibility index (Phi) is 5.54. The average Bonchev–Trinajstić information content (AvgIpc) is 2.42. The molecule has 0 heterocycles. The average molecular weight is 289 g/mol. The molecule has 3 nitrogen and oxygen atoms in total. The third-order valence-electron chi connectivity index (χ3n) is 4.65. The van der Waals surface area contributed by atoms with Crippen LogP contribution in [0.5, 0.6) is 0 Å². The molecule has 0 amide bonds. The maximum absolute atomic E-state index is 12.9. The normalized spacial score (nSPS) is 16.8. The summed E-state index contributed by atoms with van der Waals surface area (Å²) in [5.41, 5.74) is 3.02. The highest BCUT2D eigenvalue weighted by Gasteiger charge is 2.32. The van der Waals surface area contributed by atoms with Gasteiger partial charge in [0.05, 0.1) is 6.04 Å². The quantitative estimate of drug-likeness (QED) is 0.784. The van der Waals surface area contributed by atoms with Crippen molar-refractivity contribution < 1.29 is 9.90 Å². The zero-order valence-electron chi connectivity index (χ0n) is 13.4. The van der Waals surface area contributed by atoms with Crippen LogP contribution in [0.2, 0.25) is 0 Å². The number of carbonyl (C=O) groups is 1. The lowest BCUT2D eigenvalue weighted by molar-refractivity contribution is 0.0584. The summed E-state index contributed by atoms with van der Waals surface area (Å²) in [4.78, 5) is 15.2. The summed E-state index contributed by atoms with van der Waals surface area (Å²) < 4.78 is 0. The van der Waals surface area contributed by atoms with Gasteiger partial charge in [-0.25, -0.2) is 0 Å². The Hall–Kier alpha value is -1.19. The van der Waals surface area contributed by atoms with Gasteiger partial charge in [0, 0.05) is 24.8 Å². The molecule has 1 aromatic carbocycles. The Balaban J connectivity index is 2.16. The Labute approximate surface area is 128 Å². The van der Waals surface area contributed by atoms with Crippen LogP contribution in [0.4, 0.5) is 0 Å². The first kappa shape index (κ1) is 16.2. The van der Waals surface area contributed by atoms with Crippen LogP contribution in [0.1, 0.15) is 54.1 Å². The Morgan fingerprint density at radius 3 is 2.67 bits per heavy atom. The van der Waals surface area contributed by atoms with Gasteiger partial charge in [-0.15, -0.1) is 0 Å². The molecule has 0 saturated heterocycles. The fourth-order valence-corrected chi connectivity index (χ4v) is 3.04. The molecule has 0 bridgehead atoms. The molecule has 1 aliphatic rings. The van der Waals surface area contributed by atoms with Crippen molar-refractivity contribution in [2.45, 2.75) is 58.5 Å². The molecule has 0 radical (unpaired) electrons. The SMILES string of the molecule is Cc1ccc(C)c(C(=O)C(C)N(CCCO)C2CCC2)c1. The maximum atomic E-state index is 12.9. The van der Waals surface area contributed by atoms with Gasteiger partial charge >= 0.3 is 0 Å². The van der Waals surface area contributed by atoms with Crippen LogP contribution in [0.25, 0.3) is 0 Å². The first-order valence-corrected chi connectivity index (χ1v) is 8.02. The lowest BCUT2D eigenvalue weighted by Gasteiger charge is -2.41. The molecule has 1 aromatic rings. The third kappa shape index (κ3) is 3.72. The van der Waals surface area contributed by atoms with E-state index in [-0.39, 0.29) is 18.4 Å². The van der Waals surface area contributed by atoms with E-state index in [0.29, 0.717) is 6.04 Å². The third-order valence-corrected chi connectivity index (χ3v) is 4.65. The Bertz CT molecular complexity index is 494. The minimum atomic E-state index is -0.109. The monoisotopic (exact) mass is 289 g/mol. The molecule has 1 atom stereocenters. The molecule has 1 saturated carbocycles. The molecule has 116 valence electrons. The summed E-state index contributed by atoms with van der Waals surface area (Å²) in [6.45, 7) is 7.03. The van der Waals surface area contributed by atoms with Crippen molar-refractivity contribution in [2.75, 3.05) is 13.2 Å². The molecule has 0 spiro atoms. The van der Waals surface area contributed by atoms with Crippen molar-refractivity contribution in [3.63, 3.8) is 0 Å². The molecule has 1 unspecified atom stereocenters. The summed E-state index contributed by atoms with van der Waals surface area (Å²) in [5.74, 6) is 0.209. The first-order chi connectivity index (χ1) is 10.0. The highest BCUT2D eigenvalue weighted by atomic mass is 16.3. The van der Waals surface area contributed by atoms with E-state index in [1.165, 1.54) is 19.3 Å². The van der Waals surface area contributed by atoms with Crippen LogP contribution in [0.15, 0.2) is 18.2 Å². The number of aliphatic hydroxyl groups excluding tert-OH is 1. The van der Waals surface area contributed by atoms with Crippen molar-refractivity contribution in [1.29, 1.82) is 0 Å². The number of Topliss-reactive ketones (excluding diaryl/α,β-unsaturated/α-hetero) is 1. The van der Waals surface area contributed by atoms with Crippen molar-refractivity contribution >= 4 is 5.78 Å². The second-order valence-electron chi connectivity index (χ2n) is 6.26. The highest BCUT2D eigenvalue weighted by Crippen LogP contribution is 2.28. The predicted molar refractivity (Wildman–Crippen MR) is 85.8 cm³/mol. The first-order valence-electron chi connectivity index (χ1n) is 8.02. The molecule has 0 aromatic heterocycles. The minimum Gasteiger partial charge on any atom is -0.396 e. The van der Waals surface area contributed by atoms with Crippen LogP contribution in [-0.2, 0) is 0 Å². The maximum Gasteiger partial charge on any atom is 0.179 e. The topological polar surface area (TPSA) is 40.5 Å². The van der Waals surface area contributed by atoms with E-state index >= 15 is 0 Å². The Morgan fingerprint density at radius 1 is 1.38 bits per heavy atom. The summed E-state index contributed by atoms with van der Waals surface area (Å²) in [5, 5.41) is 9.09. The summed E-state index contributed by atoms with van der Waals surface area (Å²) in [6, 6.07) is 6.48. The van der Waals surface area contributed by atoms with E-state index in [0.717, 1.165) is 29.7 Å². The number of hydrogen-bond donors (Lipinski definition) is 1. The van der Waals surface area contributed by atoms with Crippen molar-refractivity contribution in [1.82, 2.24) is 4.90 Å². The minimum absolute atomic E-state index is 0.109. The smallest absolute Gasteiger partial charge is 0.179 e.